The lowest BCUT2D eigenvalue weighted by atomic mass is 10.1. The molecule has 1 heterocycles. The van der Waals surface area contributed by atoms with Crippen molar-refractivity contribution in [2.45, 2.75) is 37.6 Å². The van der Waals surface area contributed by atoms with Crippen LogP contribution in [0.1, 0.15) is 52.5 Å². The van der Waals surface area contributed by atoms with E-state index in [9.17, 15) is 22.8 Å². The lowest BCUT2D eigenvalue weighted by Crippen LogP contribution is -2.31. The van der Waals surface area contributed by atoms with Crippen LogP contribution in [0.5, 0.6) is 0 Å². The standard InChI is InChI=1S/C23H27N3O5S/c1-17(27)19-7-5-9-21(15-19)32(30,31)25-11-10-22(28)24-16-18-6-4-8-20(14-18)23(29)26-12-2-3-13-26/h4-9,14-15,25H,2-3,10-13,16H2,1H3,(H,24,28). The zero-order valence-electron chi connectivity index (χ0n) is 18.0. The molecule has 8 nitrogen and oxygen atoms in total. The molecule has 32 heavy (non-hydrogen) atoms. The fourth-order valence-corrected chi connectivity index (χ4v) is 4.55. The first-order chi connectivity index (χ1) is 15.3. The van der Waals surface area contributed by atoms with Crippen LogP contribution in [-0.2, 0) is 21.4 Å². The van der Waals surface area contributed by atoms with E-state index in [0.717, 1.165) is 31.5 Å². The maximum absolute atomic E-state index is 12.5. The summed E-state index contributed by atoms with van der Waals surface area (Å²) < 4.78 is 27.2. The molecule has 2 N–H and O–H groups in total. The number of hydrogen-bond acceptors (Lipinski definition) is 5. The molecule has 0 aliphatic carbocycles. The van der Waals surface area contributed by atoms with Gasteiger partial charge in [0, 0.05) is 43.7 Å². The summed E-state index contributed by atoms with van der Waals surface area (Å²) in [6.45, 7) is 3.07. The van der Waals surface area contributed by atoms with Crippen molar-refractivity contribution in [2.24, 2.45) is 0 Å². The van der Waals surface area contributed by atoms with Gasteiger partial charge in [-0.1, -0.05) is 24.3 Å². The highest BCUT2D eigenvalue weighted by Crippen LogP contribution is 2.14. The van der Waals surface area contributed by atoms with Crippen LogP contribution in [0.15, 0.2) is 53.4 Å². The van der Waals surface area contributed by atoms with Crippen molar-refractivity contribution in [3.63, 3.8) is 0 Å². The Hall–Kier alpha value is -3.04. The van der Waals surface area contributed by atoms with Crippen molar-refractivity contribution in [3.05, 3.63) is 65.2 Å². The van der Waals surface area contributed by atoms with Gasteiger partial charge in [0.2, 0.25) is 15.9 Å². The van der Waals surface area contributed by atoms with E-state index in [4.69, 9.17) is 0 Å². The SMILES string of the molecule is CC(=O)c1cccc(S(=O)(=O)NCCC(=O)NCc2cccc(C(=O)N3CCCC3)c2)c1. The molecule has 1 fully saturated rings. The Labute approximate surface area is 188 Å². The number of carbonyl (C=O) groups is 3. The van der Waals surface area contributed by atoms with E-state index in [0.29, 0.717) is 11.1 Å². The third-order valence-electron chi connectivity index (χ3n) is 5.25. The van der Waals surface area contributed by atoms with E-state index in [-0.39, 0.29) is 42.0 Å². The number of carbonyl (C=O) groups excluding carboxylic acids is 3. The second-order valence-corrected chi connectivity index (χ2v) is 9.48. The highest BCUT2D eigenvalue weighted by Gasteiger charge is 2.19. The molecular weight excluding hydrogens is 430 g/mol. The van der Waals surface area contributed by atoms with Crippen molar-refractivity contribution in [1.82, 2.24) is 14.9 Å². The average Bonchev–Trinajstić information content (AvgIpc) is 3.32. The van der Waals surface area contributed by atoms with Gasteiger partial charge >= 0.3 is 0 Å². The molecule has 0 atom stereocenters. The first kappa shape index (κ1) is 23.6. The summed E-state index contributed by atoms with van der Waals surface area (Å²) in [5, 5.41) is 2.74. The van der Waals surface area contributed by atoms with Crippen LogP contribution in [-0.4, -0.2) is 50.5 Å². The van der Waals surface area contributed by atoms with Crippen LogP contribution in [0.25, 0.3) is 0 Å². The molecule has 0 saturated carbocycles. The molecule has 1 aliphatic rings. The minimum Gasteiger partial charge on any atom is -0.352 e. The summed E-state index contributed by atoms with van der Waals surface area (Å²) in [5.41, 5.74) is 1.69. The topological polar surface area (TPSA) is 113 Å². The maximum atomic E-state index is 12.5. The van der Waals surface area contributed by atoms with Gasteiger partial charge in [-0.3, -0.25) is 14.4 Å². The predicted molar refractivity (Wildman–Crippen MR) is 120 cm³/mol. The summed E-state index contributed by atoms with van der Waals surface area (Å²) in [4.78, 5) is 37.9. The molecule has 2 aromatic rings. The predicted octanol–water partition coefficient (Wildman–Crippen LogP) is 2.11. The van der Waals surface area contributed by atoms with Crippen LogP contribution in [0, 0.1) is 0 Å². The molecule has 1 aliphatic heterocycles. The number of hydrogen-bond donors (Lipinski definition) is 2. The highest BCUT2D eigenvalue weighted by molar-refractivity contribution is 7.89. The molecular formula is C23H27N3O5S. The summed E-state index contributed by atoms with van der Waals surface area (Å²) >= 11 is 0. The van der Waals surface area contributed by atoms with Crippen molar-refractivity contribution >= 4 is 27.6 Å². The van der Waals surface area contributed by atoms with Crippen molar-refractivity contribution < 1.29 is 22.8 Å². The summed E-state index contributed by atoms with van der Waals surface area (Å²) in [6, 6.07) is 12.9. The number of amides is 2. The third-order valence-corrected chi connectivity index (χ3v) is 6.71. The van der Waals surface area contributed by atoms with E-state index in [1.807, 2.05) is 11.0 Å². The van der Waals surface area contributed by atoms with E-state index in [2.05, 4.69) is 10.0 Å². The Morgan fingerprint density at radius 1 is 0.969 bits per heavy atom. The Kier molecular flexibility index (Phi) is 7.76. The van der Waals surface area contributed by atoms with Crippen molar-refractivity contribution in [3.8, 4) is 0 Å². The molecule has 1 saturated heterocycles. The molecule has 2 aromatic carbocycles. The number of likely N-dealkylation sites (tertiary alicyclic amines) is 1. The number of nitrogens with zero attached hydrogens (tertiary/aromatic N) is 1. The lowest BCUT2D eigenvalue weighted by Gasteiger charge is -2.15. The number of rotatable bonds is 9. The van der Waals surface area contributed by atoms with Crippen LogP contribution in [0.2, 0.25) is 0 Å². The Morgan fingerprint density at radius 2 is 1.66 bits per heavy atom. The fraction of sp³-hybridized carbons (Fsp3) is 0.348. The molecule has 0 unspecified atom stereocenters. The number of benzene rings is 2. The van der Waals surface area contributed by atoms with Gasteiger partial charge in [0.05, 0.1) is 4.90 Å². The second-order valence-electron chi connectivity index (χ2n) is 7.71. The maximum Gasteiger partial charge on any atom is 0.253 e. The monoisotopic (exact) mass is 457 g/mol. The summed E-state index contributed by atoms with van der Waals surface area (Å²) in [7, 11) is -3.83. The van der Waals surface area contributed by atoms with E-state index in [1.165, 1.54) is 25.1 Å². The Bertz CT molecular complexity index is 1110. The number of sulfonamides is 1. The average molecular weight is 458 g/mol. The van der Waals surface area contributed by atoms with Crippen LogP contribution < -0.4 is 10.0 Å². The van der Waals surface area contributed by atoms with Crippen molar-refractivity contribution in [2.75, 3.05) is 19.6 Å². The smallest absolute Gasteiger partial charge is 0.253 e. The molecule has 170 valence electrons. The van der Waals surface area contributed by atoms with E-state index in [1.54, 1.807) is 24.3 Å². The molecule has 9 heteroatoms. The number of nitrogens with one attached hydrogen (secondary N) is 2. The zero-order valence-corrected chi connectivity index (χ0v) is 18.8. The fourth-order valence-electron chi connectivity index (χ4n) is 3.47. The van der Waals surface area contributed by atoms with Crippen LogP contribution in [0.3, 0.4) is 0 Å². The highest BCUT2D eigenvalue weighted by atomic mass is 32.2. The summed E-state index contributed by atoms with van der Waals surface area (Å²) in [6.07, 6.45) is 2.00. The van der Waals surface area contributed by atoms with Gasteiger partial charge in [-0.05, 0) is 49.6 Å². The van der Waals surface area contributed by atoms with Crippen molar-refractivity contribution in [1.29, 1.82) is 0 Å². The van der Waals surface area contributed by atoms with E-state index < -0.39 is 10.0 Å². The van der Waals surface area contributed by atoms with Gasteiger partial charge in [-0.25, -0.2) is 13.1 Å². The van der Waals surface area contributed by atoms with Gasteiger partial charge in [-0.15, -0.1) is 0 Å². The van der Waals surface area contributed by atoms with Gasteiger partial charge in [0.25, 0.3) is 5.91 Å². The molecule has 3 rings (SSSR count). The number of Topliss-reactive ketones (excluding diaryl/α,β-unsaturated/α-hetero) is 1. The van der Waals surface area contributed by atoms with Gasteiger partial charge in [0.1, 0.15) is 0 Å². The lowest BCUT2D eigenvalue weighted by molar-refractivity contribution is -0.121. The van der Waals surface area contributed by atoms with Gasteiger partial charge < -0.3 is 10.2 Å². The molecule has 0 bridgehead atoms. The summed E-state index contributed by atoms with van der Waals surface area (Å²) in [5.74, 6) is -0.548. The Balaban J connectivity index is 1.48. The number of ketones is 1. The van der Waals surface area contributed by atoms with Crippen LogP contribution >= 0.6 is 0 Å². The largest absolute Gasteiger partial charge is 0.352 e. The van der Waals surface area contributed by atoms with E-state index >= 15 is 0 Å². The molecule has 2 amide bonds. The molecule has 0 radical (unpaired) electrons. The normalized spacial score (nSPS) is 13.7. The molecule has 0 spiro atoms. The Morgan fingerprint density at radius 3 is 2.38 bits per heavy atom. The van der Waals surface area contributed by atoms with Gasteiger partial charge in [-0.2, -0.15) is 0 Å². The minimum absolute atomic E-state index is 0.000995. The second kappa shape index (κ2) is 10.5. The minimum atomic E-state index is -3.83. The van der Waals surface area contributed by atoms with Crippen LogP contribution in [0.4, 0.5) is 0 Å². The first-order valence-electron chi connectivity index (χ1n) is 10.5. The van der Waals surface area contributed by atoms with Gasteiger partial charge in [0.15, 0.2) is 5.78 Å². The quantitative estimate of drug-likeness (QED) is 0.560. The third kappa shape index (κ3) is 6.24. The molecule has 0 aromatic heterocycles. The first-order valence-corrected chi connectivity index (χ1v) is 12.0. The zero-order chi connectivity index (χ0) is 23.1.